The Morgan fingerprint density at radius 1 is 1.12 bits per heavy atom. The molecule has 1 rings (SSSR count). The molecule has 1 aromatic carbocycles. The predicted molar refractivity (Wildman–Crippen MR) is 108 cm³/mol. The molecular weight excluding hydrogens is 352 g/mol. The van der Waals surface area contributed by atoms with Gasteiger partial charge in [-0.1, -0.05) is 13.8 Å². The van der Waals surface area contributed by atoms with E-state index in [0.717, 1.165) is 26.1 Å². The molecular formula is C18H34N4O3S. The Morgan fingerprint density at radius 3 is 2.50 bits per heavy atom. The highest BCUT2D eigenvalue weighted by Gasteiger charge is 2.18. The molecule has 0 aliphatic carbocycles. The first-order valence-electron chi connectivity index (χ1n) is 9.37. The van der Waals surface area contributed by atoms with Crippen molar-refractivity contribution in [3.05, 3.63) is 18.2 Å². The maximum absolute atomic E-state index is 12.6. The van der Waals surface area contributed by atoms with Gasteiger partial charge in [0.2, 0.25) is 10.0 Å². The zero-order valence-electron chi connectivity index (χ0n) is 16.3. The first-order chi connectivity index (χ1) is 12.4. The third kappa shape index (κ3) is 7.90. The van der Waals surface area contributed by atoms with Crippen molar-refractivity contribution in [2.45, 2.75) is 38.5 Å². The number of rotatable bonds is 14. The van der Waals surface area contributed by atoms with Crippen LogP contribution in [-0.2, 0) is 14.8 Å². The van der Waals surface area contributed by atoms with E-state index in [9.17, 15) is 8.42 Å². The smallest absolute Gasteiger partial charge is 0.242 e. The van der Waals surface area contributed by atoms with Crippen molar-refractivity contribution in [2.75, 3.05) is 57.0 Å². The first-order valence-corrected chi connectivity index (χ1v) is 10.9. The quantitative estimate of drug-likeness (QED) is 0.335. The van der Waals surface area contributed by atoms with Gasteiger partial charge in [0.05, 0.1) is 5.69 Å². The summed E-state index contributed by atoms with van der Waals surface area (Å²) in [5.74, 6) is 0. The molecule has 26 heavy (non-hydrogen) atoms. The van der Waals surface area contributed by atoms with Gasteiger partial charge < -0.3 is 20.7 Å². The van der Waals surface area contributed by atoms with E-state index < -0.39 is 10.0 Å². The summed E-state index contributed by atoms with van der Waals surface area (Å²) in [5, 5.41) is 3.23. The third-order valence-corrected chi connectivity index (χ3v) is 5.62. The molecule has 0 saturated heterocycles. The number of anilines is 2. The number of sulfonamides is 1. The Kier molecular flexibility index (Phi) is 10.6. The van der Waals surface area contributed by atoms with Crippen LogP contribution in [0.15, 0.2) is 23.1 Å². The highest BCUT2D eigenvalue weighted by molar-refractivity contribution is 7.89. The van der Waals surface area contributed by atoms with Crippen LogP contribution in [0.4, 0.5) is 11.4 Å². The number of nitrogen functional groups attached to an aromatic ring is 1. The zero-order chi connectivity index (χ0) is 19.4. The fourth-order valence-electron chi connectivity index (χ4n) is 2.58. The summed E-state index contributed by atoms with van der Waals surface area (Å²) in [5.41, 5.74) is 6.81. The zero-order valence-corrected chi connectivity index (χ0v) is 17.1. The Bertz CT molecular complexity index is 619. The molecule has 0 bridgehead atoms. The minimum atomic E-state index is -3.62. The van der Waals surface area contributed by atoms with Crippen molar-refractivity contribution < 1.29 is 13.2 Å². The minimum absolute atomic E-state index is 0.191. The summed E-state index contributed by atoms with van der Waals surface area (Å²) in [7, 11) is -3.62. The Labute approximate surface area is 158 Å². The Balaban J connectivity index is 2.67. The molecule has 8 heteroatoms. The molecule has 0 aliphatic heterocycles. The highest BCUT2D eigenvalue weighted by atomic mass is 32.2. The number of nitrogens with zero attached hydrogens (tertiary/aromatic N) is 1. The Hall–Kier alpha value is -1.35. The summed E-state index contributed by atoms with van der Waals surface area (Å²) >= 11 is 0. The van der Waals surface area contributed by atoms with E-state index in [1.807, 2.05) is 6.92 Å². The second-order valence-corrected chi connectivity index (χ2v) is 7.75. The lowest BCUT2D eigenvalue weighted by Gasteiger charge is -2.18. The number of nitrogens with two attached hydrogens (primary N) is 1. The van der Waals surface area contributed by atoms with Crippen molar-refractivity contribution in [3.8, 4) is 0 Å². The van der Waals surface area contributed by atoms with Gasteiger partial charge >= 0.3 is 0 Å². The summed E-state index contributed by atoms with van der Waals surface area (Å²) in [6, 6.07) is 4.93. The Morgan fingerprint density at radius 2 is 1.85 bits per heavy atom. The summed E-state index contributed by atoms with van der Waals surface area (Å²) in [6.45, 7) is 11.4. The molecule has 0 spiro atoms. The van der Waals surface area contributed by atoms with E-state index >= 15 is 0 Å². The molecule has 7 nitrogen and oxygen atoms in total. The standard InChI is InChI=1S/C18H34N4O3S/c1-4-22(5-2)13-7-11-20-17-10-9-16(19)15-18(17)26(23,24)21-12-8-14-25-6-3/h9-10,15,20-21H,4-8,11-14,19H2,1-3H3. The molecule has 0 aromatic heterocycles. The first kappa shape index (κ1) is 22.7. The topological polar surface area (TPSA) is 96.7 Å². The van der Waals surface area contributed by atoms with Gasteiger partial charge in [-0.2, -0.15) is 0 Å². The second-order valence-electron chi connectivity index (χ2n) is 6.01. The number of benzene rings is 1. The number of nitrogens with one attached hydrogen (secondary N) is 2. The molecule has 150 valence electrons. The molecule has 1 aromatic rings. The van der Waals surface area contributed by atoms with Crippen LogP contribution in [0.25, 0.3) is 0 Å². The van der Waals surface area contributed by atoms with Gasteiger partial charge in [0.15, 0.2) is 0 Å². The maximum atomic E-state index is 12.6. The summed E-state index contributed by atoms with van der Waals surface area (Å²) in [6.07, 6.45) is 1.56. The van der Waals surface area contributed by atoms with Gasteiger partial charge in [-0.05, 0) is 57.6 Å². The average Bonchev–Trinajstić information content (AvgIpc) is 2.62. The minimum Gasteiger partial charge on any atom is -0.399 e. The molecule has 0 aliphatic rings. The molecule has 0 radical (unpaired) electrons. The van der Waals surface area contributed by atoms with Crippen molar-refractivity contribution in [1.29, 1.82) is 0 Å². The van der Waals surface area contributed by atoms with E-state index in [1.165, 1.54) is 6.07 Å². The molecule has 0 amide bonds. The highest BCUT2D eigenvalue weighted by Crippen LogP contribution is 2.24. The van der Waals surface area contributed by atoms with Crippen LogP contribution in [0.1, 0.15) is 33.6 Å². The molecule has 4 N–H and O–H groups in total. The van der Waals surface area contributed by atoms with Crippen molar-refractivity contribution in [3.63, 3.8) is 0 Å². The fourth-order valence-corrected chi connectivity index (χ4v) is 3.87. The number of ether oxygens (including phenoxy) is 1. The molecule has 0 fully saturated rings. The van der Waals surface area contributed by atoms with E-state index in [4.69, 9.17) is 10.5 Å². The lowest BCUT2D eigenvalue weighted by atomic mass is 10.2. The monoisotopic (exact) mass is 386 g/mol. The summed E-state index contributed by atoms with van der Waals surface area (Å²) < 4.78 is 33.1. The van der Waals surface area contributed by atoms with Crippen LogP contribution >= 0.6 is 0 Å². The van der Waals surface area contributed by atoms with Crippen LogP contribution in [-0.4, -0.2) is 59.3 Å². The van der Waals surface area contributed by atoms with Crippen LogP contribution in [0.3, 0.4) is 0 Å². The van der Waals surface area contributed by atoms with E-state index in [2.05, 4.69) is 28.8 Å². The van der Waals surface area contributed by atoms with E-state index in [1.54, 1.807) is 12.1 Å². The molecule has 0 heterocycles. The number of hydrogen-bond acceptors (Lipinski definition) is 6. The van der Waals surface area contributed by atoms with Gasteiger partial charge in [-0.25, -0.2) is 13.1 Å². The van der Waals surface area contributed by atoms with Crippen molar-refractivity contribution in [1.82, 2.24) is 9.62 Å². The van der Waals surface area contributed by atoms with Crippen LogP contribution in [0.5, 0.6) is 0 Å². The van der Waals surface area contributed by atoms with Gasteiger partial charge in [-0.15, -0.1) is 0 Å². The van der Waals surface area contributed by atoms with Gasteiger partial charge in [0.1, 0.15) is 4.90 Å². The van der Waals surface area contributed by atoms with E-state index in [0.29, 0.717) is 44.1 Å². The van der Waals surface area contributed by atoms with Crippen LogP contribution < -0.4 is 15.8 Å². The average molecular weight is 387 g/mol. The van der Waals surface area contributed by atoms with E-state index in [-0.39, 0.29) is 4.90 Å². The van der Waals surface area contributed by atoms with Crippen LogP contribution in [0, 0.1) is 0 Å². The molecule has 0 unspecified atom stereocenters. The molecule has 0 saturated carbocycles. The SMILES string of the molecule is CCOCCCNS(=O)(=O)c1cc(N)ccc1NCCCN(CC)CC. The largest absolute Gasteiger partial charge is 0.399 e. The van der Waals surface area contributed by atoms with Gasteiger partial charge in [-0.3, -0.25) is 0 Å². The molecule has 0 atom stereocenters. The van der Waals surface area contributed by atoms with Crippen LogP contribution in [0.2, 0.25) is 0 Å². The van der Waals surface area contributed by atoms with Crippen molar-refractivity contribution in [2.24, 2.45) is 0 Å². The van der Waals surface area contributed by atoms with Gasteiger partial charge in [0, 0.05) is 32.0 Å². The van der Waals surface area contributed by atoms with Gasteiger partial charge in [0.25, 0.3) is 0 Å². The number of hydrogen-bond donors (Lipinski definition) is 3. The lowest BCUT2D eigenvalue weighted by molar-refractivity contribution is 0.146. The second kappa shape index (κ2) is 12.1. The predicted octanol–water partition coefficient (Wildman–Crippen LogP) is 2.12. The van der Waals surface area contributed by atoms with Crippen molar-refractivity contribution >= 4 is 21.4 Å². The fraction of sp³-hybridized carbons (Fsp3) is 0.667. The third-order valence-electron chi connectivity index (χ3n) is 4.12. The lowest BCUT2D eigenvalue weighted by Crippen LogP contribution is -2.27. The summed E-state index contributed by atoms with van der Waals surface area (Å²) in [4.78, 5) is 2.53. The maximum Gasteiger partial charge on any atom is 0.242 e. The normalized spacial score (nSPS) is 11.8.